The van der Waals surface area contributed by atoms with Crippen LogP contribution < -0.4 is 10.6 Å². The van der Waals surface area contributed by atoms with Gasteiger partial charge in [-0.25, -0.2) is 0 Å². The van der Waals surface area contributed by atoms with Crippen molar-refractivity contribution in [1.29, 1.82) is 0 Å². The molecule has 2 rings (SSSR count). The topological polar surface area (TPSA) is 24.1 Å². The maximum absolute atomic E-state index is 3.78. The van der Waals surface area contributed by atoms with Crippen LogP contribution in [0, 0.1) is 0 Å². The molecule has 0 aromatic rings. The van der Waals surface area contributed by atoms with E-state index in [0.29, 0.717) is 5.79 Å². The molecule has 2 N–H and O–H groups in total. The van der Waals surface area contributed by atoms with Crippen LogP contribution in [0.4, 0.5) is 0 Å². The summed E-state index contributed by atoms with van der Waals surface area (Å²) in [6, 6.07) is 1.46. The predicted octanol–water partition coefficient (Wildman–Crippen LogP) is 2.28. The van der Waals surface area contributed by atoms with Gasteiger partial charge in [-0.3, -0.25) is 0 Å². The zero-order valence-corrected chi connectivity index (χ0v) is 11.3. The van der Waals surface area contributed by atoms with Crippen LogP contribution in [0.15, 0.2) is 0 Å². The lowest BCUT2D eigenvalue weighted by atomic mass is 9.95. The van der Waals surface area contributed by atoms with Crippen LogP contribution in [0.5, 0.6) is 0 Å². The van der Waals surface area contributed by atoms with Crippen molar-refractivity contribution in [3.63, 3.8) is 0 Å². The minimum Gasteiger partial charge on any atom is -0.303 e. The SMILES string of the molecule is [Si]C(NC1CCCCC1)NC1CCCCC1. The van der Waals surface area contributed by atoms with Crippen molar-refractivity contribution in [2.75, 3.05) is 0 Å². The summed E-state index contributed by atoms with van der Waals surface area (Å²) in [7, 11) is 3.78. The normalized spacial score (nSPS) is 25.1. The Balaban J connectivity index is 1.64. The van der Waals surface area contributed by atoms with E-state index >= 15 is 0 Å². The van der Waals surface area contributed by atoms with Crippen molar-refractivity contribution in [2.24, 2.45) is 0 Å². The first-order valence-electron chi connectivity index (χ1n) is 7.08. The highest BCUT2D eigenvalue weighted by molar-refractivity contribution is 6.11. The highest BCUT2D eigenvalue weighted by Gasteiger charge is 2.18. The molecule has 2 aliphatic carbocycles. The van der Waals surface area contributed by atoms with Crippen LogP contribution in [0.25, 0.3) is 0 Å². The van der Waals surface area contributed by atoms with Gasteiger partial charge in [-0.05, 0) is 25.7 Å². The molecule has 2 saturated carbocycles. The number of hydrogen-bond donors (Lipinski definition) is 2. The number of rotatable bonds is 4. The van der Waals surface area contributed by atoms with Crippen LogP contribution in [0.2, 0.25) is 0 Å². The summed E-state index contributed by atoms with van der Waals surface area (Å²) in [6.07, 6.45) is 13.9. The Morgan fingerprint density at radius 3 is 1.44 bits per heavy atom. The minimum absolute atomic E-state index is 0.311. The summed E-state index contributed by atoms with van der Waals surface area (Å²) in [5.41, 5.74) is 0. The van der Waals surface area contributed by atoms with E-state index in [9.17, 15) is 0 Å². The summed E-state index contributed by atoms with van der Waals surface area (Å²) >= 11 is 0. The lowest BCUT2D eigenvalue weighted by Crippen LogP contribution is -2.52. The summed E-state index contributed by atoms with van der Waals surface area (Å²) < 4.78 is 0. The monoisotopic (exact) mass is 237 g/mol. The third-order valence-corrected chi connectivity index (χ3v) is 4.35. The summed E-state index contributed by atoms with van der Waals surface area (Å²) in [5.74, 6) is 0.311. The highest BCUT2D eigenvalue weighted by Crippen LogP contribution is 2.19. The van der Waals surface area contributed by atoms with Gasteiger partial charge in [0.2, 0.25) is 0 Å². The quantitative estimate of drug-likeness (QED) is 0.579. The van der Waals surface area contributed by atoms with Crippen molar-refractivity contribution in [1.82, 2.24) is 10.6 Å². The van der Waals surface area contributed by atoms with Crippen LogP contribution >= 0.6 is 0 Å². The van der Waals surface area contributed by atoms with Gasteiger partial charge in [0.15, 0.2) is 0 Å². The second kappa shape index (κ2) is 6.77. The average molecular weight is 237 g/mol. The highest BCUT2D eigenvalue weighted by atomic mass is 28.1. The zero-order chi connectivity index (χ0) is 11.2. The van der Waals surface area contributed by atoms with Crippen molar-refractivity contribution >= 4 is 10.2 Å². The first-order chi connectivity index (χ1) is 7.84. The molecule has 3 heteroatoms. The molecule has 2 aliphatic rings. The first-order valence-corrected chi connectivity index (χ1v) is 7.65. The van der Waals surface area contributed by atoms with Crippen LogP contribution in [0.1, 0.15) is 64.2 Å². The molecule has 0 amide bonds. The average Bonchev–Trinajstić information content (AvgIpc) is 2.31. The smallest absolute Gasteiger partial charge is 0.0696 e. The van der Waals surface area contributed by atoms with Gasteiger partial charge < -0.3 is 10.6 Å². The minimum atomic E-state index is 0.311. The van der Waals surface area contributed by atoms with Gasteiger partial charge in [-0.15, -0.1) is 0 Å². The molecule has 0 spiro atoms. The first kappa shape index (κ1) is 12.6. The Morgan fingerprint density at radius 2 is 1.06 bits per heavy atom. The lowest BCUT2D eigenvalue weighted by molar-refractivity contribution is 0.305. The molecule has 0 heterocycles. The Morgan fingerprint density at radius 1 is 0.688 bits per heavy atom. The molecule has 91 valence electrons. The lowest BCUT2D eigenvalue weighted by Gasteiger charge is -2.31. The Kier molecular flexibility index (Phi) is 5.33. The molecule has 0 aromatic heterocycles. The molecule has 0 aromatic carbocycles. The third-order valence-electron chi connectivity index (χ3n) is 4.02. The van der Waals surface area contributed by atoms with Crippen molar-refractivity contribution < 1.29 is 0 Å². The summed E-state index contributed by atoms with van der Waals surface area (Å²) in [6.45, 7) is 0. The Hall–Kier alpha value is 0.137. The second-order valence-electron chi connectivity index (χ2n) is 5.44. The van der Waals surface area contributed by atoms with Crippen molar-refractivity contribution in [2.45, 2.75) is 82.1 Å². The van der Waals surface area contributed by atoms with E-state index in [1.54, 1.807) is 0 Å². The Labute approximate surface area is 103 Å². The van der Waals surface area contributed by atoms with Crippen molar-refractivity contribution in [3.8, 4) is 0 Å². The van der Waals surface area contributed by atoms with Gasteiger partial charge in [0.1, 0.15) is 0 Å². The molecular formula is C13H25N2Si. The molecule has 0 unspecified atom stereocenters. The molecule has 0 atom stereocenters. The summed E-state index contributed by atoms with van der Waals surface area (Å²) in [4.78, 5) is 0. The van der Waals surface area contributed by atoms with Crippen LogP contribution in [-0.4, -0.2) is 28.1 Å². The molecule has 0 bridgehead atoms. The standard InChI is InChI=1S/C13H25N2Si/c16-13(14-11-7-3-1-4-8-11)15-12-9-5-2-6-10-12/h11-15H,1-10H2. The number of hydrogen-bond acceptors (Lipinski definition) is 2. The zero-order valence-electron chi connectivity index (χ0n) is 10.3. The summed E-state index contributed by atoms with van der Waals surface area (Å²) in [5, 5.41) is 7.34. The third kappa shape index (κ3) is 4.19. The molecular weight excluding hydrogens is 212 g/mol. The maximum atomic E-state index is 3.78. The maximum Gasteiger partial charge on any atom is 0.0696 e. The largest absolute Gasteiger partial charge is 0.303 e. The molecule has 0 aliphatic heterocycles. The fourth-order valence-corrected chi connectivity index (χ4v) is 3.53. The van der Waals surface area contributed by atoms with Crippen LogP contribution in [-0.2, 0) is 0 Å². The van der Waals surface area contributed by atoms with Crippen molar-refractivity contribution in [3.05, 3.63) is 0 Å². The number of nitrogens with one attached hydrogen (secondary N) is 2. The van der Waals surface area contributed by atoms with E-state index in [0.717, 1.165) is 12.1 Å². The Bertz CT molecular complexity index is 166. The van der Waals surface area contributed by atoms with Gasteiger partial charge in [0, 0.05) is 17.9 Å². The molecule has 2 fully saturated rings. The fourth-order valence-electron chi connectivity index (χ4n) is 3.06. The van der Waals surface area contributed by atoms with E-state index in [1.807, 2.05) is 0 Å². The molecule has 16 heavy (non-hydrogen) atoms. The van der Waals surface area contributed by atoms with E-state index in [1.165, 1.54) is 64.2 Å². The van der Waals surface area contributed by atoms with Gasteiger partial charge in [-0.2, -0.15) is 0 Å². The van der Waals surface area contributed by atoms with Gasteiger partial charge in [0.25, 0.3) is 0 Å². The molecule has 2 nitrogen and oxygen atoms in total. The second-order valence-corrected chi connectivity index (χ2v) is 6.01. The fraction of sp³-hybridized carbons (Fsp3) is 1.00. The van der Waals surface area contributed by atoms with E-state index in [2.05, 4.69) is 20.9 Å². The van der Waals surface area contributed by atoms with Crippen LogP contribution in [0.3, 0.4) is 0 Å². The molecule has 0 saturated heterocycles. The predicted molar refractivity (Wildman–Crippen MR) is 69.6 cm³/mol. The van der Waals surface area contributed by atoms with Gasteiger partial charge in [-0.1, -0.05) is 38.5 Å². The van der Waals surface area contributed by atoms with Gasteiger partial charge in [0.05, 0.1) is 10.2 Å². The van der Waals surface area contributed by atoms with Gasteiger partial charge >= 0.3 is 0 Å². The van der Waals surface area contributed by atoms with E-state index in [4.69, 9.17) is 0 Å². The van der Waals surface area contributed by atoms with E-state index in [-0.39, 0.29) is 0 Å². The van der Waals surface area contributed by atoms with E-state index < -0.39 is 0 Å². The molecule has 3 radical (unpaired) electrons.